The third-order valence-electron chi connectivity index (χ3n) is 5.55. The molecule has 4 aromatic rings. The van der Waals surface area contributed by atoms with Gasteiger partial charge in [0.25, 0.3) is 0 Å². The maximum atomic E-state index is 6.44. The van der Waals surface area contributed by atoms with Crippen molar-refractivity contribution in [3.8, 4) is 5.75 Å². The molecule has 2 nitrogen and oxygen atoms in total. The number of halogens is 1. The molecule has 0 saturated carbocycles. The first kappa shape index (κ1) is 22.6. The molecule has 4 rings (SSSR count). The van der Waals surface area contributed by atoms with E-state index in [1.807, 2.05) is 6.07 Å². The summed E-state index contributed by atoms with van der Waals surface area (Å²) in [5.41, 5.74) is 1.20. The van der Waals surface area contributed by atoms with Crippen molar-refractivity contribution in [2.24, 2.45) is 0 Å². The lowest BCUT2D eigenvalue weighted by Crippen LogP contribution is -2.32. The zero-order valence-electron chi connectivity index (χ0n) is 18.2. The van der Waals surface area contributed by atoms with E-state index in [1.165, 1.54) is 21.5 Å². The lowest BCUT2D eigenvalue weighted by molar-refractivity contribution is 0.146. The summed E-state index contributed by atoms with van der Waals surface area (Å²) in [7, 11) is -0.299. The van der Waals surface area contributed by atoms with Crippen LogP contribution in [-0.2, 0) is 10.9 Å². The molecule has 0 spiro atoms. The molecular formula is C28H27ClO2P+. The van der Waals surface area contributed by atoms with Crippen molar-refractivity contribution < 1.29 is 9.47 Å². The second-order valence-corrected chi connectivity index (χ2v) is 11.5. The quantitative estimate of drug-likeness (QED) is 0.229. The molecule has 162 valence electrons. The van der Waals surface area contributed by atoms with Crippen LogP contribution < -0.4 is 20.7 Å². The summed E-state index contributed by atoms with van der Waals surface area (Å²) in [5.74, 6) is 0.702. The molecule has 0 aromatic heterocycles. The van der Waals surface area contributed by atoms with Crippen LogP contribution in [0.4, 0.5) is 0 Å². The first-order chi connectivity index (χ1) is 15.7. The Labute approximate surface area is 196 Å². The second-order valence-electron chi connectivity index (χ2n) is 7.58. The largest absolute Gasteiger partial charge is 0.490 e. The van der Waals surface area contributed by atoms with Crippen LogP contribution in [0.15, 0.2) is 109 Å². The fourth-order valence-corrected chi connectivity index (χ4v) is 8.44. The average Bonchev–Trinajstić information content (AvgIpc) is 2.86. The second kappa shape index (κ2) is 10.8. The third-order valence-corrected chi connectivity index (χ3v) is 10.2. The minimum atomic E-state index is -1.97. The fraction of sp³-hybridized carbons (Fsp3) is 0.143. The van der Waals surface area contributed by atoms with Crippen LogP contribution in [-0.4, -0.2) is 20.3 Å². The highest BCUT2D eigenvalue weighted by molar-refractivity contribution is 7.95. The van der Waals surface area contributed by atoms with Gasteiger partial charge in [-0.2, -0.15) is 0 Å². The van der Waals surface area contributed by atoms with Crippen LogP contribution in [0.1, 0.15) is 5.56 Å². The lowest BCUT2D eigenvalue weighted by atomic mass is 10.2. The summed E-state index contributed by atoms with van der Waals surface area (Å²) in [6, 6.07) is 38.8. The van der Waals surface area contributed by atoms with Crippen molar-refractivity contribution in [2.45, 2.75) is 6.16 Å². The normalized spacial score (nSPS) is 11.3. The first-order valence-corrected chi connectivity index (χ1v) is 13.0. The average molecular weight is 462 g/mol. The van der Waals surface area contributed by atoms with Crippen molar-refractivity contribution in [1.29, 1.82) is 0 Å². The number of hydrogen-bond donors (Lipinski definition) is 0. The van der Waals surface area contributed by atoms with Gasteiger partial charge in [-0.1, -0.05) is 72.3 Å². The van der Waals surface area contributed by atoms with Gasteiger partial charge in [0, 0.05) is 7.11 Å². The maximum Gasteiger partial charge on any atom is 0.138 e. The van der Waals surface area contributed by atoms with Crippen LogP contribution in [0.3, 0.4) is 0 Å². The summed E-state index contributed by atoms with van der Waals surface area (Å²) in [6.45, 7) is 0.992. The van der Waals surface area contributed by atoms with Crippen LogP contribution >= 0.6 is 18.9 Å². The van der Waals surface area contributed by atoms with Crippen LogP contribution in [0.25, 0.3) is 0 Å². The van der Waals surface area contributed by atoms with Gasteiger partial charge in [0.05, 0.1) is 17.8 Å². The molecule has 0 amide bonds. The monoisotopic (exact) mass is 461 g/mol. The van der Waals surface area contributed by atoms with E-state index in [2.05, 4.69) is 103 Å². The summed E-state index contributed by atoms with van der Waals surface area (Å²) in [4.78, 5) is 0. The van der Waals surface area contributed by atoms with Gasteiger partial charge in [-0.25, -0.2) is 0 Å². The van der Waals surface area contributed by atoms with Crippen LogP contribution in [0.2, 0.25) is 5.02 Å². The number of rotatable bonds is 9. The van der Waals surface area contributed by atoms with Gasteiger partial charge < -0.3 is 9.47 Å². The Morgan fingerprint density at radius 1 is 0.656 bits per heavy atom. The van der Waals surface area contributed by atoms with E-state index in [0.717, 1.165) is 6.16 Å². The molecule has 0 aliphatic rings. The Bertz CT molecular complexity index is 1020. The molecular weight excluding hydrogens is 435 g/mol. The summed E-state index contributed by atoms with van der Waals surface area (Å²) in [6.07, 6.45) is 0.878. The molecule has 0 unspecified atom stereocenters. The van der Waals surface area contributed by atoms with Gasteiger partial charge in [0.1, 0.15) is 35.5 Å². The molecule has 0 N–H and O–H groups in total. The number of methoxy groups -OCH3 is 1. The van der Waals surface area contributed by atoms with Crippen molar-refractivity contribution in [3.05, 3.63) is 120 Å². The number of ether oxygens (including phenoxy) is 2. The predicted molar refractivity (Wildman–Crippen MR) is 138 cm³/mol. The van der Waals surface area contributed by atoms with E-state index in [-0.39, 0.29) is 0 Å². The highest BCUT2D eigenvalue weighted by atomic mass is 35.5. The molecule has 0 aliphatic carbocycles. The fourth-order valence-electron chi connectivity index (χ4n) is 4.03. The molecule has 0 aliphatic heterocycles. The molecule has 4 heteroatoms. The minimum absolute atomic E-state index is 0.468. The molecule has 0 bridgehead atoms. The molecule has 0 heterocycles. The first-order valence-electron chi connectivity index (χ1n) is 10.7. The van der Waals surface area contributed by atoms with Gasteiger partial charge in [0.15, 0.2) is 0 Å². The van der Waals surface area contributed by atoms with Gasteiger partial charge in [-0.3, -0.25) is 0 Å². The van der Waals surface area contributed by atoms with Crippen LogP contribution in [0.5, 0.6) is 5.75 Å². The Hall–Kier alpha value is -2.64. The van der Waals surface area contributed by atoms with Gasteiger partial charge >= 0.3 is 0 Å². The highest BCUT2D eigenvalue weighted by Crippen LogP contribution is 2.58. The van der Waals surface area contributed by atoms with E-state index in [0.29, 0.717) is 24.0 Å². The van der Waals surface area contributed by atoms with Crippen molar-refractivity contribution in [1.82, 2.24) is 0 Å². The molecule has 0 saturated heterocycles. The van der Waals surface area contributed by atoms with Crippen molar-refractivity contribution in [2.75, 3.05) is 20.3 Å². The highest BCUT2D eigenvalue weighted by Gasteiger charge is 2.45. The van der Waals surface area contributed by atoms with Gasteiger partial charge in [0.2, 0.25) is 0 Å². The lowest BCUT2D eigenvalue weighted by Gasteiger charge is -2.28. The zero-order chi connectivity index (χ0) is 22.2. The SMILES string of the molecule is COCCOc1cc(C[P+](c2ccccc2)(c2ccccc2)c2ccccc2)ccc1Cl. The maximum absolute atomic E-state index is 6.44. The zero-order valence-corrected chi connectivity index (χ0v) is 19.8. The van der Waals surface area contributed by atoms with Crippen molar-refractivity contribution >= 4 is 34.8 Å². The Balaban J connectivity index is 1.86. The summed E-state index contributed by atoms with van der Waals surface area (Å²) >= 11 is 6.44. The summed E-state index contributed by atoms with van der Waals surface area (Å²) < 4.78 is 11.0. The topological polar surface area (TPSA) is 18.5 Å². The standard InChI is InChI=1S/C28H27ClO2P/c1-30-19-20-31-28-21-23(17-18-27(28)29)22-32(24-11-5-2-6-12-24,25-13-7-3-8-14-25)26-15-9-4-10-16-26/h2-18,21H,19-20,22H2,1H3/q+1. The molecule has 4 aromatic carbocycles. The molecule has 0 atom stereocenters. The van der Waals surface area contributed by atoms with Gasteiger partial charge in [-0.05, 0) is 54.1 Å². The van der Waals surface area contributed by atoms with E-state index >= 15 is 0 Å². The van der Waals surface area contributed by atoms with Gasteiger partial charge in [-0.15, -0.1) is 0 Å². The minimum Gasteiger partial charge on any atom is -0.490 e. The summed E-state index contributed by atoms with van der Waals surface area (Å²) in [5, 5.41) is 4.69. The molecule has 0 fully saturated rings. The number of benzene rings is 4. The van der Waals surface area contributed by atoms with E-state index in [4.69, 9.17) is 21.1 Å². The Kier molecular flexibility index (Phi) is 7.60. The smallest absolute Gasteiger partial charge is 0.138 e. The molecule has 32 heavy (non-hydrogen) atoms. The Morgan fingerprint density at radius 2 is 1.16 bits per heavy atom. The third kappa shape index (κ3) is 4.89. The number of hydrogen-bond acceptors (Lipinski definition) is 2. The van der Waals surface area contributed by atoms with Crippen molar-refractivity contribution in [3.63, 3.8) is 0 Å². The van der Waals surface area contributed by atoms with E-state index in [1.54, 1.807) is 7.11 Å². The predicted octanol–water partition coefficient (Wildman–Crippen LogP) is 5.86. The van der Waals surface area contributed by atoms with E-state index < -0.39 is 7.26 Å². The Morgan fingerprint density at radius 3 is 1.62 bits per heavy atom. The van der Waals surface area contributed by atoms with Crippen LogP contribution in [0, 0.1) is 0 Å². The van der Waals surface area contributed by atoms with E-state index in [9.17, 15) is 0 Å². The molecule has 0 radical (unpaired) electrons.